The van der Waals surface area contributed by atoms with Crippen LogP contribution in [0, 0.1) is 0 Å². The Hall–Kier alpha value is -1.38. The normalized spacial score (nSPS) is 14.5. The zero-order valence-electron chi connectivity index (χ0n) is 8.29. The monoisotopic (exact) mass is 196 g/mol. The zero-order chi connectivity index (χ0) is 10.6. The first-order valence-electron chi connectivity index (χ1n) is 4.48. The van der Waals surface area contributed by atoms with E-state index in [2.05, 4.69) is 0 Å². The van der Waals surface area contributed by atoms with E-state index >= 15 is 0 Å². The molecular formula is C11H13FO2. The minimum Gasteiger partial charge on any atom is -0.494 e. The molecule has 0 aliphatic rings. The summed E-state index contributed by atoms with van der Waals surface area (Å²) in [5, 5.41) is 0. The molecule has 0 saturated carbocycles. The van der Waals surface area contributed by atoms with Gasteiger partial charge in [-0.1, -0.05) is 12.1 Å². The first kappa shape index (κ1) is 10.7. The summed E-state index contributed by atoms with van der Waals surface area (Å²) in [6.45, 7) is 3.67. The molecule has 0 radical (unpaired) electrons. The zero-order valence-corrected chi connectivity index (χ0v) is 8.29. The van der Waals surface area contributed by atoms with E-state index in [1.807, 2.05) is 6.92 Å². The minimum absolute atomic E-state index is 0.294. The summed E-state index contributed by atoms with van der Waals surface area (Å²) in [6.07, 6.45) is 0.294. The second-order valence-electron chi connectivity index (χ2n) is 3.15. The van der Waals surface area contributed by atoms with Crippen LogP contribution in [0.2, 0.25) is 0 Å². The fraction of sp³-hybridized carbons (Fsp3) is 0.364. The van der Waals surface area contributed by atoms with Crippen LogP contribution in [0.5, 0.6) is 5.75 Å². The van der Waals surface area contributed by atoms with Crippen molar-refractivity contribution in [1.29, 1.82) is 0 Å². The van der Waals surface area contributed by atoms with Gasteiger partial charge in [0.05, 0.1) is 6.61 Å². The van der Waals surface area contributed by atoms with Crippen molar-refractivity contribution in [2.24, 2.45) is 0 Å². The second kappa shape index (κ2) is 4.22. The molecule has 0 aliphatic heterocycles. The van der Waals surface area contributed by atoms with Gasteiger partial charge in [-0.3, -0.25) is 4.79 Å². The predicted octanol–water partition coefficient (Wildman–Crippen LogP) is 2.47. The van der Waals surface area contributed by atoms with Crippen molar-refractivity contribution in [3.63, 3.8) is 0 Å². The maximum atomic E-state index is 13.5. The molecule has 1 rings (SSSR count). The molecule has 0 heterocycles. The van der Waals surface area contributed by atoms with Crippen LogP contribution < -0.4 is 4.74 Å². The van der Waals surface area contributed by atoms with Gasteiger partial charge < -0.3 is 4.74 Å². The van der Waals surface area contributed by atoms with E-state index in [-0.39, 0.29) is 0 Å². The summed E-state index contributed by atoms with van der Waals surface area (Å²) in [5.74, 6) is 0.679. The van der Waals surface area contributed by atoms with E-state index in [0.29, 0.717) is 24.2 Å². The van der Waals surface area contributed by atoms with Gasteiger partial charge in [0.1, 0.15) is 5.75 Å². The van der Waals surface area contributed by atoms with E-state index in [4.69, 9.17) is 4.74 Å². The van der Waals surface area contributed by atoms with E-state index in [9.17, 15) is 9.18 Å². The van der Waals surface area contributed by atoms with Gasteiger partial charge in [-0.2, -0.15) is 0 Å². The minimum atomic E-state index is -1.91. The summed E-state index contributed by atoms with van der Waals surface area (Å²) in [7, 11) is 0. The topological polar surface area (TPSA) is 26.3 Å². The van der Waals surface area contributed by atoms with Gasteiger partial charge in [0.15, 0.2) is 12.0 Å². The lowest BCUT2D eigenvalue weighted by atomic mass is 10.00. The molecule has 76 valence electrons. The first-order valence-corrected chi connectivity index (χ1v) is 4.48. The van der Waals surface area contributed by atoms with E-state index < -0.39 is 5.67 Å². The molecule has 0 amide bonds. The quantitative estimate of drug-likeness (QED) is 0.691. The smallest absolute Gasteiger partial charge is 0.187 e. The molecule has 1 unspecified atom stereocenters. The molecule has 0 aliphatic carbocycles. The molecule has 0 N–H and O–H groups in total. The Morgan fingerprint density at radius 3 is 2.43 bits per heavy atom. The van der Waals surface area contributed by atoms with E-state index in [1.165, 1.54) is 6.92 Å². The van der Waals surface area contributed by atoms with Gasteiger partial charge in [-0.15, -0.1) is 0 Å². The fourth-order valence-corrected chi connectivity index (χ4v) is 1.11. The number of carbonyl (C=O) groups excluding carboxylic acids is 1. The number of aldehydes is 1. The van der Waals surface area contributed by atoms with Gasteiger partial charge in [-0.05, 0) is 31.5 Å². The molecule has 1 atom stereocenters. The van der Waals surface area contributed by atoms with Crippen LogP contribution in [0.4, 0.5) is 4.39 Å². The van der Waals surface area contributed by atoms with Crippen LogP contribution in [-0.2, 0) is 10.5 Å². The SMILES string of the molecule is CCOc1ccc(C(C)(F)C=O)cc1. The fourth-order valence-electron chi connectivity index (χ4n) is 1.11. The Kier molecular flexibility index (Phi) is 3.23. The molecule has 0 spiro atoms. The number of hydrogen-bond donors (Lipinski definition) is 0. The molecule has 14 heavy (non-hydrogen) atoms. The van der Waals surface area contributed by atoms with Crippen LogP contribution in [0.15, 0.2) is 24.3 Å². The molecule has 0 aromatic heterocycles. The molecule has 0 bridgehead atoms. The highest BCUT2D eigenvalue weighted by molar-refractivity contribution is 5.65. The Morgan fingerprint density at radius 2 is 2.00 bits per heavy atom. The first-order chi connectivity index (χ1) is 6.60. The van der Waals surface area contributed by atoms with Crippen molar-refractivity contribution in [2.75, 3.05) is 6.61 Å². The lowest BCUT2D eigenvalue weighted by molar-refractivity contribution is -0.117. The van der Waals surface area contributed by atoms with Crippen molar-refractivity contribution in [3.05, 3.63) is 29.8 Å². The summed E-state index contributed by atoms with van der Waals surface area (Å²) in [4.78, 5) is 10.4. The van der Waals surface area contributed by atoms with Crippen molar-refractivity contribution in [2.45, 2.75) is 19.5 Å². The number of ether oxygens (including phenoxy) is 1. The van der Waals surface area contributed by atoms with Crippen molar-refractivity contribution < 1.29 is 13.9 Å². The van der Waals surface area contributed by atoms with Gasteiger partial charge in [0, 0.05) is 0 Å². The third-order valence-corrected chi connectivity index (χ3v) is 1.95. The number of hydrogen-bond acceptors (Lipinski definition) is 2. The van der Waals surface area contributed by atoms with E-state index in [0.717, 1.165) is 0 Å². The largest absolute Gasteiger partial charge is 0.494 e. The van der Waals surface area contributed by atoms with Gasteiger partial charge in [-0.25, -0.2) is 4.39 Å². The number of benzene rings is 1. The average Bonchev–Trinajstić information content (AvgIpc) is 2.19. The molecule has 3 heteroatoms. The highest BCUT2D eigenvalue weighted by atomic mass is 19.1. The summed E-state index contributed by atoms with van der Waals surface area (Å²) < 4.78 is 18.7. The Morgan fingerprint density at radius 1 is 1.43 bits per heavy atom. The van der Waals surface area contributed by atoms with Crippen molar-refractivity contribution in [1.82, 2.24) is 0 Å². The molecule has 1 aromatic carbocycles. The lowest BCUT2D eigenvalue weighted by Crippen LogP contribution is -2.16. The summed E-state index contributed by atoms with van der Waals surface area (Å²) in [6, 6.07) is 6.42. The number of alkyl halides is 1. The Bertz CT molecular complexity index is 304. The second-order valence-corrected chi connectivity index (χ2v) is 3.15. The van der Waals surface area contributed by atoms with Crippen molar-refractivity contribution >= 4 is 6.29 Å². The Balaban J connectivity index is 2.88. The maximum absolute atomic E-state index is 13.5. The molecule has 0 fully saturated rings. The predicted molar refractivity (Wildman–Crippen MR) is 52.1 cm³/mol. The van der Waals surface area contributed by atoms with Crippen LogP contribution in [0.3, 0.4) is 0 Å². The summed E-state index contributed by atoms with van der Waals surface area (Å²) >= 11 is 0. The number of halogens is 1. The van der Waals surface area contributed by atoms with Gasteiger partial charge >= 0.3 is 0 Å². The van der Waals surface area contributed by atoms with Gasteiger partial charge in [0.2, 0.25) is 0 Å². The van der Waals surface area contributed by atoms with Crippen LogP contribution in [-0.4, -0.2) is 12.9 Å². The highest BCUT2D eigenvalue weighted by Crippen LogP contribution is 2.24. The average molecular weight is 196 g/mol. The highest BCUT2D eigenvalue weighted by Gasteiger charge is 2.24. The Labute approximate surface area is 82.7 Å². The third-order valence-electron chi connectivity index (χ3n) is 1.95. The number of rotatable bonds is 4. The number of carbonyl (C=O) groups is 1. The van der Waals surface area contributed by atoms with Crippen molar-refractivity contribution in [3.8, 4) is 5.75 Å². The maximum Gasteiger partial charge on any atom is 0.187 e. The van der Waals surface area contributed by atoms with Crippen LogP contribution in [0.25, 0.3) is 0 Å². The standard InChI is InChI=1S/C11H13FO2/c1-3-14-10-6-4-9(5-7-10)11(2,12)8-13/h4-8H,3H2,1-2H3. The van der Waals surface area contributed by atoms with E-state index in [1.54, 1.807) is 24.3 Å². The van der Waals surface area contributed by atoms with Crippen LogP contribution in [0.1, 0.15) is 19.4 Å². The van der Waals surface area contributed by atoms with Crippen LogP contribution >= 0.6 is 0 Å². The molecule has 2 nitrogen and oxygen atoms in total. The molecule has 0 saturated heterocycles. The molecule has 1 aromatic rings. The molecular weight excluding hydrogens is 183 g/mol. The third kappa shape index (κ3) is 2.31. The van der Waals surface area contributed by atoms with Gasteiger partial charge in [0.25, 0.3) is 0 Å². The summed E-state index contributed by atoms with van der Waals surface area (Å²) in [5.41, 5.74) is -1.57. The lowest BCUT2D eigenvalue weighted by Gasteiger charge is -2.13.